The van der Waals surface area contributed by atoms with Crippen molar-refractivity contribution in [2.45, 2.75) is 26.2 Å². The van der Waals surface area contributed by atoms with Crippen molar-refractivity contribution in [2.75, 3.05) is 24.5 Å². The summed E-state index contributed by atoms with van der Waals surface area (Å²) in [5.74, 6) is 0.851. The molecule has 0 unspecified atom stereocenters. The highest BCUT2D eigenvalue weighted by Gasteiger charge is 2.27. The van der Waals surface area contributed by atoms with E-state index in [4.69, 9.17) is 0 Å². The van der Waals surface area contributed by atoms with Crippen molar-refractivity contribution in [3.8, 4) is 0 Å². The predicted octanol–water partition coefficient (Wildman–Crippen LogP) is 1.88. The molecule has 1 N–H and O–H groups in total. The molecule has 0 radical (unpaired) electrons. The number of amides is 1. The van der Waals surface area contributed by atoms with Crippen molar-refractivity contribution >= 4 is 11.6 Å². The van der Waals surface area contributed by atoms with Gasteiger partial charge in [-0.05, 0) is 49.9 Å². The van der Waals surface area contributed by atoms with Crippen LogP contribution in [0, 0.1) is 12.8 Å². The second-order valence-electron chi connectivity index (χ2n) is 5.46. The predicted molar refractivity (Wildman–Crippen MR) is 72.8 cm³/mol. The van der Waals surface area contributed by atoms with Gasteiger partial charge in [0, 0.05) is 18.7 Å². The molecular weight excluding hydrogens is 224 g/mol. The van der Waals surface area contributed by atoms with E-state index in [0.717, 1.165) is 32.5 Å². The van der Waals surface area contributed by atoms with E-state index in [1.807, 2.05) is 4.90 Å². The second-order valence-corrected chi connectivity index (χ2v) is 5.46. The van der Waals surface area contributed by atoms with E-state index in [2.05, 4.69) is 30.4 Å². The number of benzene rings is 1. The van der Waals surface area contributed by atoms with Gasteiger partial charge in [-0.1, -0.05) is 18.2 Å². The Hall–Kier alpha value is -1.35. The summed E-state index contributed by atoms with van der Waals surface area (Å²) in [5.41, 5.74) is 3.75. The first-order valence-electron chi connectivity index (χ1n) is 6.85. The molecule has 2 heterocycles. The van der Waals surface area contributed by atoms with Crippen LogP contribution in [0.5, 0.6) is 0 Å². The third-order valence-corrected chi connectivity index (χ3v) is 4.05. The highest BCUT2D eigenvalue weighted by atomic mass is 16.2. The molecule has 3 rings (SSSR count). The zero-order valence-electron chi connectivity index (χ0n) is 10.9. The third kappa shape index (κ3) is 2.03. The Morgan fingerprint density at radius 2 is 2.28 bits per heavy atom. The largest absolute Gasteiger partial charge is 0.316 e. The molecule has 2 aliphatic rings. The van der Waals surface area contributed by atoms with Gasteiger partial charge in [0.1, 0.15) is 0 Å². The van der Waals surface area contributed by atoms with Gasteiger partial charge in [0.05, 0.1) is 0 Å². The molecule has 0 saturated carbocycles. The summed E-state index contributed by atoms with van der Waals surface area (Å²) < 4.78 is 0. The van der Waals surface area contributed by atoms with E-state index in [9.17, 15) is 4.79 Å². The summed E-state index contributed by atoms with van der Waals surface area (Å²) in [6, 6.07) is 6.36. The fourth-order valence-corrected chi connectivity index (χ4v) is 2.95. The molecule has 18 heavy (non-hydrogen) atoms. The fourth-order valence-electron chi connectivity index (χ4n) is 2.95. The molecule has 0 aromatic heterocycles. The van der Waals surface area contributed by atoms with Crippen molar-refractivity contribution in [1.82, 2.24) is 5.32 Å². The van der Waals surface area contributed by atoms with Crippen LogP contribution in [0.3, 0.4) is 0 Å². The minimum absolute atomic E-state index is 0.303. The van der Waals surface area contributed by atoms with E-state index in [1.165, 1.54) is 16.8 Å². The third-order valence-electron chi connectivity index (χ3n) is 4.05. The van der Waals surface area contributed by atoms with Crippen molar-refractivity contribution in [2.24, 2.45) is 5.92 Å². The smallest absolute Gasteiger partial charge is 0.227 e. The maximum Gasteiger partial charge on any atom is 0.227 e. The number of rotatable bonds is 2. The number of carbonyl (C=O) groups is 1. The molecule has 0 spiro atoms. The first-order valence-corrected chi connectivity index (χ1v) is 6.85. The Labute approximate surface area is 108 Å². The number of hydrogen-bond donors (Lipinski definition) is 1. The number of para-hydroxylation sites is 1. The summed E-state index contributed by atoms with van der Waals surface area (Å²) in [4.78, 5) is 14.4. The van der Waals surface area contributed by atoms with Crippen molar-refractivity contribution < 1.29 is 4.79 Å². The summed E-state index contributed by atoms with van der Waals surface area (Å²) in [6.07, 6.45) is 2.89. The first kappa shape index (κ1) is 11.7. The van der Waals surface area contributed by atoms with Crippen LogP contribution in [0.15, 0.2) is 18.2 Å². The van der Waals surface area contributed by atoms with Crippen LogP contribution < -0.4 is 10.2 Å². The summed E-state index contributed by atoms with van der Waals surface area (Å²) in [6.45, 7) is 4.99. The number of anilines is 1. The standard InChI is InChI=1S/C15H20N2O/c1-11-4-2-5-13-6-3-7-17(15(11)13)14(18)8-12-9-16-10-12/h2,4-5,12,16H,3,6-10H2,1H3. The van der Waals surface area contributed by atoms with Gasteiger partial charge in [0.15, 0.2) is 0 Å². The minimum Gasteiger partial charge on any atom is -0.316 e. The zero-order valence-corrected chi connectivity index (χ0v) is 10.9. The monoisotopic (exact) mass is 244 g/mol. The minimum atomic E-state index is 0.303. The molecule has 1 aromatic carbocycles. The Kier molecular flexibility index (Phi) is 3.08. The Morgan fingerprint density at radius 1 is 1.44 bits per heavy atom. The van der Waals surface area contributed by atoms with Crippen LogP contribution in [0.4, 0.5) is 5.69 Å². The molecule has 1 aromatic rings. The van der Waals surface area contributed by atoms with Crippen LogP contribution in [0.25, 0.3) is 0 Å². The number of nitrogens with one attached hydrogen (secondary N) is 1. The van der Waals surface area contributed by atoms with E-state index >= 15 is 0 Å². The van der Waals surface area contributed by atoms with Crippen molar-refractivity contribution in [3.05, 3.63) is 29.3 Å². The van der Waals surface area contributed by atoms with Gasteiger partial charge in [-0.25, -0.2) is 0 Å². The molecule has 3 nitrogen and oxygen atoms in total. The topological polar surface area (TPSA) is 32.3 Å². The molecule has 1 saturated heterocycles. The number of nitrogens with zero attached hydrogens (tertiary/aromatic N) is 1. The van der Waals surface area contributed by atoms with E-state index < -0.39 is 0 Å². The SMILES string of the molecule is Cc1cccc2c1N(C(=O)CC1CNC1)CCC2. The van der Waals surface area contributed by atoms with Gasteiger partial charge in [-0.15, -0.1) is 0 Å². The molecule has 0 aliphatic carbocycles. The lowest BCUT2D eigenvalue weighted by molar-refractivity contribution is -0.119. The van der Waals surface area contributed by atoms with Crippen LogP contribution in [0.2, 0.25) is 0 Å². The van der Waals surface area contributed by atoms with E-state index in [0.29, 0.717) is 18.2 Å². The Bertz CT molecular complexity index is 466. The Balaban J connectivity index is 1.83. The van der Waals surface area contributed by atoms with E-state index in [-0.39, 0.29) is 0 Å². The number of hydrogen-bond acceptors (Lipinski definition) is 2. The number of carbonyl (C=O) groups excluding carboxylic acids is 1. The van der Waals surface area contributed by atoms with Crippen molar-refractivity contribution in [3.63, 3.8) is 0 Å². The zero-order chi connectivity index (χ0) is 12.5. The maximum atomic E-state index is 12.4. The quantitative estimate of drug-likeness (QED) is 0.861. The van der Waals surface area contributed by atoms with Crippen LogP contribution >= 0.6 is 0 Å². The molecule has 96 valence electrons. The van der Waals surface area contributed by atoms with Crippen LogP contribution in [-0.2, 0) is 11.2 Å². The average molecular weight is 244 g/mol. The molecule has 2 aliphatic heterocycles. The van der Waals surface area contributed by atoms with Gasteiger partial charge in [0.2, 0.25) is 5.91 Å². The highest BCUT2D eigenvalue weighted by Crippen LogP contribution is 2.31. The number of fused-ring (bicyclic) bond motifs is 1. The van der Waals surface area contributed by atoms with Gasteiger partial charge in [0.25, 0.3) is 0 Å². The Morgan fingerprint density at radius 3 is 3.00 bits per heavy atom. The number of aryl methyl sites for hydroxylation is 2. The normalized spacial score (nSPS) is 19.3. The van der Waals surface area contributed by atoms with Crippen LogP contribution in [-0.4, -0.2) is 25.5 Å². The van der Waals surface area contributed by atoms with Gasteiger partial charge >= 0.3 is 0 Å². The van der Waals surface area contributed by atoms with Gasteiger partial charge in [-0.2, -0.15) is 0 Å². The molecule has 1 amide bonds. The lowest BCUT2D eigenvalue weighted by Gasteiger charge is -2.34. The van der Waals surface area contributed by atoms with Gasteiger partial charge < -0.3 is 10.2 Å². The average Bonchev–Trinajstić information content (AvgIpc) is 2.33. The summed E-state index contributed by atoms with van der Waals surface area (Å²) in [5, 5.41) is 3.23. The first-order chi connectivity index (χ1) is 8.75. The molecule has 3 heteroatoms. The van der Waals surface area contributed by atoms with Crippen LogP contribution in [0.1, 0.15) is 24.0 Å². The van der Waals surface area contributed by atoms with Gasteiger partial charge in [-0.3, -0.25) is 4.79 Å². The highest BCUT2D eigenvalue weighted by molar-refractivity contribution is 5.95. The fraction of sp³-hybridized carbons (Fsp3) is 0.533. The lowest BCUT2D eigenvalue weighted by atomic mass is 9.95. The molecule has 0 atom stereocenters. The molecular formula is C15H20N2O. The summed E-state index contributed by atoms with van der Waals surface area (Å²) >= 11 is 0. The second kappa shape index (κ2) is 4.73. The van der Waals surface area contributed by atoms with E-state index in [1.54, 1.807) is 0 Å². The molecule has 1 fully saturated rings. The molecule has 0 bridgehead atoms. The maximum absolute atomic E-state index is 12.4. The van der Waals surface area contributed by atoms with Crippen molar-refractivity contribution in [1.29, 1.82) is 0 Å². The summed E-state index contributed by atoms with van der Waals surface area (Å²) in [7, 11) is 0. The lowest BCUT2D eigenvalue weighted by Crippen LogP contribution is -2.46.